The molecule has 196 valence electrons. The molecule has 1 heterocycles. The fourth-order valence-electron chi connectivity index (χ4n) is 3.04. The maximum atomic E-state index is 12.1. The molecule has 1 saturated heterocycles. The van der Waals surface area contributed by atoms with Crippen molar-refractivity contribution in [3.63, 3.8) is 0 Å². The van der Waals surface area contributed by atoms with Gasteiger partial charge in [-0.1, -0.05) is 56.2 Å². The van der Waals surface area contributed by atoms with Crippen molar-refractivity contribution in [3.8, 4) is 0 Å². The minimum atomic E-state index is -0.518. The van der Waals surface area contributed by atoms with E-state index in [0.717, 1.165) is 26.1 Å². The second-order valence-electron chi connectivity index (χ2n) is 7.93. The van der Waals surface area contributed by atoms with Gasteiger partial charge in [0.1, 0.15) is 5.92 Å². The number of carbonyl (C=O) groups excluding carboxylic acids is 2. The Morgan fingerprint density at radius 2 is 1.40 bits per heavy atom. The van der Waals surface area contributed by atoms with E-state index < -0.39 is 5.92 Å². The lowest BCUT2D eigenvalue weighted by atomic mass is 10.0. The summed E-state index contributed by atoms with van der Waals surface area (Å²) in [7, 11) is 0. The maximum absolute atomic E-state index is 12.1. The van der Waals surface area contributed by atoms with Crippen molar-refractivity contribution in [1.82, 2.24) is 5.43 Å². The number of para-hydroxylation sites is 1. The fourth-order valence-corrected chi connectivity index (χ4v) is 3.04. The first-order valence-electron chi connectivity index (χ1n) is 12.3. The van der Waals surface area contributed by atoms with Crippen molar-refractivity contribution in [2.75, 3.05) is 31.4 Å². The van der Waals surface area contributed by atoms with Gasteiger partial charge in [-0.3, -0.25) is 15.0 Å². The molecule has 3 N–H and O–H groups in total. The molecule has 0 aliphatic carbocycles. The van der Waals surface area contributed by atoms with Crippen LogP contribution in [0.2, 0.25) is 0 Å². The van der Waals surface area contributed by atoms with Gasteiger partial charge in [0.15, 0.2) is 0 Å². The van der Waals surface area contributed by atoms with Crippen LogP contribution in [0, 0.1) is 26.7 Å². The molecule has 7 nitrogen and oxygen atoms in total. The smallest absolute Gasteiger partial charge is 0.258 e. The van der Waals surface area contributed by atoms with Crippen molar-refractivity contribution in [3.05, 3.63) is 65.2 Å². The first-order chi connectivity index (χ1) is 16.8. The lowest BCUT2D eigenvalue weighted by Gasteiger charge is -2.14. The number of amides is 2. The number of hydrogen-bond acceptors (Lipinski definition) is 5. The molecule has 1 aliphatic rings. The van der Waals surface area contributed by atoms with Gasteiger partial charge in [-0.05, 0) is 69.9 Å². The maximum Gasteiger partial charge on any atom is 0.258 e. The number of aliphatic hydroxyl groups is 2. The number of rotatable bonds is 7. The molecule has 1 unspecified atom stereocenters. The molecule has 2 aromatic rings. The Labute approximate surface area is 211 Å². The lowest BCUT2D eigenvalue weighted by molar-refractivity contribution is -0.127. The van der Waals surface area contributed by atoms with Gasteiger partial charge in [0, 0.05) is 13.2 Å². The summed E-state index contributed by atoms with van der Waals surface area (Å²) in [5, 5.41) is 16.6. The van der Waals surface area contributed by atoms with Crippen molar-refractivity contribution >= 4 is 17.5 Å². The molecule has 2 aromatic carbocycles. The monoisotopic (exact) mass is 488 g/mol. The number of hydrazine groups is 1. The lowest BCUT2D eigenvalue weighted by Crippen LogP contribution is -2.35. The third kappa shape index (κ3) is 12.5. The van der Waals surface area contributed by atoms with Gasteiger partial charge >= 0.3 is 0 Å². The molecule has 35 heavy (non-hydrogen) atoms. The Balaban J connectivity index is 0.000000536. The summed E-state index contributed by atoms with van der Waals surface area (Å²) >= 11 is 0. The zero-order chi connectivity index (χ0) is 26.6. The Morgan fingerprint density at radius 3 is 1.80 bits per heavy atom. The molecule has 0 aromatic heterocycles. The minimum absolute atomic E-state index is 0.125. The Kier molecular flexibility index (Phi) is 18.0. The highest BCUT2D eigenvalue weighted by molar-refractivity contribution is 6.14. The largest absolute Gasteiger partial charge is 0.394 e. The standard InChI is InChI=1S/C13H16N2O2.C9H12.C4H10O.C2H6O2/c1-2-3-9-11-12(16)14-15(13(11)17)10-7-5-4-6-8-10;1-7-5-4-6-8(2)9(7)3;1-3-5-4-2;3-1-2-4/h4-8,11H,2-3,9H2,1H3,(H,14,16);4-6H,1-3H3;3-4H2,1-2H3;3-4H,1-2H2. The molecular weight excluding hydrogens is 444 g/mol. The van der Waals surface area contributed by atoms with Gasteiger partial charge in [0.25, 0.3) is 11.8 Å². The summed E-state index contributed by atoms with van der Waals surface area (Å²) in [5.74, 6) is -0.850. The molecule has 7 heteroatoms. The van der Waals surface area contributed by atoms with E-state index >= 15 is 0 Å². The van der Waals surface area contributed by atoms with Crippen LogP contribution in [0.3, 0.4) is 0 Å². The molecular formula is C28H44N2O5. The van der Waals surface area contributed by atoms with Gasteiger partial charge in [0.05, 0.1) is 18.9 Å². The van der Waals surface area contributed by atoms with E-state index in [2.05, 4.69) is 44.4 Å². The van der Waals surface area contributed by atoms with Crippen LogP contribution >= 0.6 is 0 Å². The summed E-state index contributed by atoms with van der Waals surface area (Å²) < 4.78 is 4.83. The quantitative estimate of drug-likeness (QED) is 0.499. The number of carbonyl (C=O) groups is 2. The molecule has 0 bridgehead atoms. The van der Waals surface area contributed by atoms with Gasteiger partial charge in [-0.25, -0.2) is 5.01 Å². The predicted octanol–water partition coefficient (Wildman–Crippen LogP) is 4.50. The number of aliphatic hydroxyl groups excluding tert-OH is 2. The average Bonchev–Trinajstić information content (AvgIpc) is 3.16. The van der Waals surface area contributed by atoms with Crippen LogP contribution in [0.4, 0.5) is 5.69 Å². The highest BCUT2D eigenvalue weighted by atomic mass is 16.5. The third-order valence-electron chi connectivity index (χ3n) is 5.30. The summed E-state index contributed by atoms with van der Waals surface area (Å²) in [6, 6.07) is 15.5. The van der Waals surface area contributed by atoms with Crippen LogP contribution in [0.25, 0.3) is 0 Å². The Morgan fingerprint density at radius 1 is 0.857 bits per heavy atom. The molecule has 0 radical (unpaired) electrons. The SMILES string of the molecule is CCCCC1C(=O)NN(c2ccccc2)C1=O.CCOCC.Cc1cccc(C)c1C.OCCO. The topological polar surface area (TPSA) is 99.1 Å². The van der Waals surface area contributed by atoms with Crippen LogP contribution in [0.1, 0.15) is 56.7 Å². The van der Waals surface area contributed by atoms with Crippen LogP contribution in [-0.4, -0.2) is 48.5 Å². The number of ether oxygens (including phenoxy) is 1. The molecule has 3 rings (SSSR count). The summed E-state index contributed by atoms with van der Waals surface area (Å²) in [6.07, 6.45) is 2.51. The highest BCUT2D eigenvalue weighted by Crippen LogP contribution is 2.22. The number of aryl methyl sites for hydroxylation is 2. The fraction of sp³-hybridized carbons (Fsp3) is 0.500. The van der Waals surface area contributed by atoms with Gasteiger partial charge in [-0.2, -0.15) is 0 Å². The summed E-state index contributed by atoms with van der Waals surface area (Å²) in [4.78, 5) is 23.8. The van der Waals surface area contributed by atoms with Crippen molar-refractivity contribution < 1.29 is 24.5 Å². The molecule has 0 spiro atoms. The van der Waals surface area contributed by atoms with Crippen molar-refractivity contribution in [2.45, 2.75) is 60.8 Å². The van der Waals surface area contributed by atoms with E-state index in [4.69, 9.17) is 14.9 Å². The van der Waals surface area contributed by atoms with E-state index in [9.17, 15) is 9.59 Å². The first-order valence-corrected chi connectivity index (χ1v) is 12.3. The number of nitrogens with zero attached hydrogens (tertiary/aromatic N) is 1. The molecule has 1 fully saturated rings. The van der Waals surface area contributed by atoms with Crippen LogP contribution in [0.5, 0.6) is 0 Å². The van der Waals surface area contributed by atoms with Crippen molar-refractivity contribution in [2.24, 2.45) is 5.92 Å². The van der Waals surface area contributed by atoms with Gasteiger partial charge in [0.2, 0.25) is 0 Å². The number of nitrogens with one attached hydrogen (secondary N) is 1. The second-order valence-corrected chi connectivity index (χ2v) is 7.93. The first kappa shape index (κ1) is 32.3. The number of anilines is 1. The average molecular weight is 489 g/mol. The van der Waals surface area contributed by atoms with E-state index in [1.807, 2.05) is 39.0 Å². The van der Waals surface area contributed by atoms with Crippen LogP contribution in [0.15, 0.2) is 48.5 Å². The molecule has 1 aliphatic heterocycles. The predicted molar refractivity (Wildman–Crippen MR) is 142 cm³/mol. The molecule has 0 saturated carbocycles. The van der Waals surface area contributed by atoms with Gasteiger partial charge < -0.3 is 14.9 Å². The highest BCUT2D eigenvalue weighted by Gasteiger charge is 2.39. The number of benzene rings is 2. The summed E-state index contributed by atoms with van der Waals surface area (Å²) in [6.45, 7) is 13.9. The van der Waals surface area contributed by atoms with E-state index in [0.29, 0.717) is 12.1 Å². The Bertz CT molecular complexity index is 818. The van der Waals surface area contributed by atoms with Crippen LogP contribution < -0.4 is 10.4 Å². The zero-order valence-corrected chi connectivity index (χ0v) is 22.2. The normalized spacial score (nSPS) is 14.1. The zero-order valence-electron chi connectivity index (χ0n) is 22.2. The van der Waals surface area contributed by atoms with Gasteiger partial charge in [-0.15, -0.1) is 0 Å². The Hall–Kier alpha value is -2.74. The summed E-state index contributed by atoms with van der Waals surface area (Å²) in [5.41, 5.74) is 7.52. The third-order valence-corrected chi connectivity index (χ3v) is 5.30. The van der Waals surface area contributed by atoms with E-state index in [1.54, 1.807) is 12.1 Å². The van der Waals surface area contributed by atoms with Crippen LogP contribution in [-0.2, 0) is 14.3 Å². The second kappa shape index (κ2) is 19.6. The van der Waals surface area contributed by atoms with Crippen molar-refractivity contribution in [1.29, 1.82) is 0 Å². The minimum Gasteiger partial charge on any atom is -0.394 e. The number of unbranched alkanes of at least 4 members (excludes halogenated alkanes) is 1. The van der Waals surface area contributed by atoms with E-state index in [-0.39, 0.29) is 25.0 Å². The molecule has 1 atom stereocenters. The molecule has 2 amide bonds. The van der Waals surface area contributed by atoms with E-state index in [1.165, 1.54) is 21.7 Å². The number of hydrogen-bond donors (Lipinski definition) is 3.